The lowest BCUT2D eigenvalue weighted by molar-refractivity contribution is -0.153. The molecule has 0 saturated carbocycles. The number of rotatable bonds is 8. The van der Waals surface area contributed by atoms with Crippen LogP contribution in [0.5, 0.6) is 5.75 Å². The van der Waals surface area contributed by atoms with Crippen molar-refractivity contribution in [3.63, 3.8) is 0 Å². The largest absolute Gasteiger partial charge is 0.506 e. The van der Waals surface area contributed by atoms with Crippen LogP contribution in [0.25, 0.3) is 10.9 Å². The van der Waals surface area contributed by atoms with Gasteiger partial charge >= 0.3 is 12.3 Å². The molecule has 2 saturated heterocycles. The Morgan fingerprint density at radius 2 is 2.00 bits per heavy atom. The predicted molar refractivity (Wildman–Crippen MR) is 115 cm³/mol. The minimum absolute atomic E-state index is 0.0635. The van der Waals surface area contributed by atoms with E-state index < -0.39 is 24.5 Å². The van der Waals surface area contributed by atoms with Gasteiger partial charge < -0.3 is 29.2 Å². The third-order valence-corrected chi connectivity index (χ3v) is 6.34. The fraction of sp³-hybridized carbons (Fsp3) is 0.636. The van der Waals surface area contributed by atoms with Crippen LogP contribution in [0.3, 0.4) is 0 Å². The fourth-order valence-electron chi connectivity index (χ4n) is 4.58. The summed E-state index contributed by atoms with van der Waals surface area (Å²) in [6.45, 7) is 2.24. The number of likely N-dealkylation sites (tertiary alicyclic amines) is 1. The van der Waals surface area contributed by atoms with Crippen LogP contribution in [0.15, 0.2) is 22.7 Å². The molecule has 0 atom stereocenters. The lowest BCUT2D eigenvalue weighted by Gasteiger charge is -2.41. The molecule has 2 aromatic rings. The smallest absolute Gasteiger partial charge is 0.483 e. The minimum Gasteiger partial charge on any atom is -0.483 e. The Morgan fingerprint density at radius 1 is 1.26 bits per heavy atom. The number of aromatic nitrogens is 1. The predicted octanol–water partition coefficient (Wildman–Crippen LogP) is 4.14. The van der Waals surface area contributed by atoms with Gasteiger partial charge in [0, 0.05) is 25.9 Å². The molecule has 9 nitrogen and oxygen atoms in total. The summed E-state index contributed by atoms with van der Waals surface area (Å²) < 4.78 is 58.7. The number of fused-ring (bicyclic) bond motifs is 1. The van der Waals surface area contributed by atoms with Crippen molar-refractivity contribution in [3.8, 4) is 5.75 Å². The van der Waals surface area contributed by atoms with Gasteiger partial charge in [0.15, 0.2) is 6.61 Å². The Morgan fingerprint density at radius 3 is 2.68 bits per heavy atom. The summed E-state index contributed by atoms with van der Waals surface area (Å²) in [6, 6.07) is 4.67. The van der Waals surface area contributed by atoms with E-state index >= 15 is 0 Å². The molecule has 2 N–H and O–H groups in total. The third kappa shape index (κ3) is 6.23. The van der Waals surface area contributed by atoms with Crippen LogP contribution in [0.4, 0.5) is 23.8 Å². The summed E-state index contributed by atoms with van der Waals surface area (Å²) in [6.07, 6.45) is -2.89. The maximum absolute atomic E-state index is 12.6. The van der Waals surface area contributed by atoms with Crippen molar-refractivity contribution in [2.45, 2.75) is 37.5 Å². The van der Waals surface area contributed by atoms with E-state index in [1.165, 1.54) is 6.07 Å². The standard InChI is InChI=1S/C22H28F3N3O6/c23-22(24,25)14-32-17-3-1-2-16-18(17)19(34-27-16)26-12-15-4-8-28(9-5-15)13-21(33-20(29)30)6-10-31-11-7-21/h1-3,15,26H,4-14H2,(H,29,30). The number of piperidine rings is 1. The SMILES string of the molecule is O=C(O)OC1(CN2CCC(CNc3onc4cccc(OCC(F)(F)F)c34)CC2)CCOCC1. The summed E-state index contributed by atoms with van der Waals surface area (Å²) in [5.74, 6) is 0.658. The lowest BCUT2D eigenvalue weighted by atomic mass is 9.90. The van der Waals surface area contributed by atoms with Gasteiger partial charge in [-0.3, -0.25) is 4.90 Å². The molecule has 188 valence electrons. The Balaban J connectivity index is 1.31. The second-order valence-corrected chi connectivity index (χ2v) is 8.83. The number of anilines is 1. The van der Waals surface area contributed by atoms with Gasteiger partial charge in [0.25, 0.3) is 0 Å². The summed E-state index contributed by atoms with van der Waals surface area (Å²) in [4.78, 5) is 13.4. The quantitative estimate of drug-likeness (QED) is 0.532. The maximum atomic E-state index is 12.6. The van der Waals surface area contributed by atoms with Crippen molar-refractivity contribution in [2.24, 2.45) is 5.92 Å². The number of hydrogen-bond donors (Lipinski definition) is 2. The van der Waals surface area contributed by atoms with Crippen molar-refractivity contribution >= 4 is 22.9 Å². The molecule has 2 fully saturated rings. The van der Waals surface area contributed by atoms with E-state index in [-0.39, 0.29) is 11.6 Å². The van der Waals surface area contributed by atoms with E-state index in [2.05, 4.69) is 15.4 Å². The molecule has 4 rings (SSSR count). The molecule has 12 heteroatoms. The molecule has 0 aliphatic carbocycles. The first-order valence-corrected chi connectivity index (χ1v) is 11.3. The molecule has 0 amide bonds. The van der Waals surface area contributed by atoms with E-state index in [4.69, 9.17) is 23.8 Å². The number of ether oxygens (including phenoxy) is 3. The van der Waals surface area contributed by atoms with Gasteiger partial charge in [0.05, 0.1) is 13.2 Å². The zero-order valence-electron chi connectivity index (χ0n) is 18.6. The number of nitrogens with one attached hydrogen (secondary N) is 1. The van der Waals surface area contributed by atoms with Crippen LogP contribution in [-0.2, 0) is 9.47 Å². The van der Waals surface area contributed by atoms with Crippen molar-refractivity contribution in [1.29, 1.82) is 0 Å². The van der Waals surface area contributed by atoms with Gasteiger partial charge in [0.1, 0.15) is 22.3 Å². The second kappa shape index (κ2) is 10.3. The molecule has 1 aromatic carbocycles. The zero-order valence-corrected chi connectivity index (χ0v) is 18.6. The van der Waals surface area contributed by atoms with Crippen molar-refractivity contribution in [1.82, 2.24) is 10.1 Å². The van der Waals surface area contributed by atoms with Crippen molar-refractivity contribution in [3.05, 3.63) is 18.2 Å². The summed E-state index contributed by atoms with van der Waals surface area (Å²) in [7, 11) is 0. The highest BCUT2D eigenvalue weighted by molar-refractivity contribution is 5.94. The van der Waals surface area contributed by atoms with E-state index in [1.807, 2.05) is 0 Å². The van der Waals surface area contributed by atoms with E-state index in [0.717, 1.165) is 25.9 Å². The zero-order chi connectivity index (χ0) is 24.2. The van der Waals surface area contributed by atoms with Crippen LogP contribution in [0.1, 0.15) is 25.7 Å². The van der Waals surface area contributed by atoms with Gasteiger partial charge in [-0.05, 0) is 44.0 Å². The fourth-order valence-corrected chi connectivity index (χ4v) is 4.58. The van der Waals surface area contributed by atoms with Crippen LogP contribution in [-0.4, -0.2) is 79.1 Å². The maximum Gasteiger partial charge on any atom is 0.506 e. The Kier molecular flexibility index (Phi) is 7.36. The molecule has 34 heavy (non-hydrogen) atoms. The second-order valence-electron chi connectivity index (χ2n) is 8.83. The van der Waals surface area contributed by atoms with Gasteiger partial charge in [0.2, 0.25) is 5.88 Å². The minimum atomic E-state index is -4.44. The molecule has 2 aliphatic heterocycles. The first-order chi connectivity index (χ1) is 16.2. The number of halogens is 3. The average Bonchev–Trinajstić information content (AvgIpc) is 3.20. The van der Waals surface area contributed by atoms with Gasteiger partial charge in [-0.25, -0.2) is 4.79 Å². The Bertz CT molecular complexity index is 968. The Labute approximate surface area is 194 Å². The van der Waals surface area contributed by atoms with E-state index in [1.54, 1.807) is 12.1 Å². The number of carbonyl (C=O) groups is 1. The highest BCUT2D eigenvalue weighted by Crippen LogP contribution is 2.34. The van der Waals surface area contributed by atoms with Crippen LogP contribution in [0.2, 0.25) is 0 Å². The molecular formula is C22H28F3N3O6. The van der Waals surface area contributed by atoms with Crippen LogP contribution in [0, 0.1) is 5.92 Å². The number of carboxylic acid groups (broad SMARTS) is 1. The number of alkyl halides is 3. The molecule has 2 aliphatic rings. The van der Waals surface area contributed by atoms with Gasteiger partial charge in [-0.2, -0.15) is 13.2 Å². The lowest BCUT2D eigenvalue weighted by Crippen LogP contribution is -2.51. The normalized spacial score (nSPS) is 19.7. The molecule has 0 unspecified atom stereocenters. The molecular weight excluding hydrogens is 459 g/mol. The van der Waals surface area contributed by atoms with Gasteiger partial charge in [-0.15, -0.1) is 0 Å². The number of benzene rings is 1. The van der Waals surface area contributed by atoms with Crippen LogP contribution < -0.4 is 10.1 Å². The average molecular weight is 487 g/mol. The highest BCUT2D eigenvalue weighted by atomic mass is 19.4. The molecule has 1 aromatic heterocycles. The third-order valence-electron chi connectivity index (χ3n) is 6.34. The van der Waals surface area contributed by atoms with Gasteiger partial charge in [-0.1, -0.05) is 11.2 Å². The Hall–Kier alpha value is -2.73. The topological polar surface area (TPSA) is 106 Å². The van der Waals surface area contributed by atoms with E-state index in [9.17, 15) is 18.0 Å². The van der Waals surface area contributed by atoms with Crippen LogP contribution >= 0.6 is 0 Å². The molecule has 0 bridgehead atoms. The first-order valence-electron chi connectivity index (χ1n) is 11.3. The van der Waals surface area contributed by atoms with E-state index in [0.29, 0.717) is 56.0 Å². The summed E-state index contributed by atoms with van der Waals surface area (Å²) in [5, 5.41) is 16.6. The molecule has 0 spiro atoms. The number of nitrogens with zero attached hydrogens (tertiary/aromatic N) is 2. The first kappa shape index (κ1) is 24.4. The summed E-state index contributed by atoms with van der Waals surface area (Å²) in [5.41, 5.74) is -0.321. The van der Waals surface area contributed by atoms with Crippen molar-refractivity contribution in [2.75, 3.05) is 51.3 Å². The number of hydrogen-bond acceptors (Lipinski definition) is 8. The molecule has 3 heterocycles. The monoisotopic (exact) mass is 487 g/mol. The van der Waals surface area contributed by atoms with Crippen molar-refractivity contribution < 1.29 is 41.8 Å². The highest BCUT2D eigenvalue weighted by Gasteiger charge is 2.39. The summed E-state index contributed by atoms with van der Waals surface area (Å²) >= 11 is 0. The molecule has 0 radical (unpaired) electrons.